The zero-order chi connectivity index (χ0) is 17.1. The standard InChI is InChI=1S/C20H21ClN2O/c1-13-6-7-15-9-17(11-22-14(2)12-24)20(23-19(15)8-13)16-4-3-5-18(21)10-16/h3-10,14,22,24H,11-12H2,1-2H3. The van der Waals surface area contributed by atoms with Crippen molar-refractivity contribution >= 4 is 22.5 Å². The van der Waals surface area contributed by atoms with Crippen LogP contribution in [0.1, 0.15) is 18.1 Å². The van der Waals surface area contributed by atoms with Gasteiger partial charge in [0.2, 0.25) is 0 Å². The molecule has 1 aromatic heterocycles. The number of aliphatic hydroxyl groups excluding tert-OH is 1. The Kier molecular flexibility index (Phi) is 5.14. The van der Waals surface area contributed by atoms with E-state index in [9.17, 15) is 5.11 Å². The van der Waals surface area contributed by atoms with Crippen molar-refractivity contribution in [2.75, 3.05) is 6.61 Å². The fourth-order valence-corrected chi connectivity index (χ4v) is 2.88. The number of nitrogens with zero attached hydrogens (tertiary/aromatic N) is 1. The molecule has 0 fully saturated rings. The van der Waals surface area contributed by atoms with E-state index in [0.29, 0.717) is 11.6 Å². The number of fused-ring (bicyclic) bond motifs is 1. The van der Waals surface area contributed by atoms with Crippen LogP contribution in [0.25, 0.3) is 22.2 Å². The summed E-state index contributed by atoms with van der Waals surface area (Å²) in [5, 5.41) is 14.4. The summed E-state index contributed by atoms with van der Waals surface area (Å²) in [7, 11) is 0. The number of aromatic nitrogens is 1. The van der Waals surface area contributed by atoms with Gasteiger partial charge in [-0.05, 0) is 49.2 Å². The van der Waals surface area contributed by atoms with Crippen LogP contribution in [0, 0.1) is 6.92 Å². The zero-order valence-corrected chi connectivity index (χ0v) is 14.6. The molecule has 0 saturated heterocycles. The van der Waals surface area contributed by atoms with Gasteiger partial charge in [-0.2, -0.15) is 0 Å². The number of pyridine rings is 1. The summed E-state index contributed by atoms with van der Waals surface area (Å²) in [6, 6.07) is 16.2. The van der Waals surface area contributed by atoms with Crippen molar-refractivity contribution < 1.29 is 5.11 Å². The third-order valence-electron chi connectivity index (χ3n) is 4.06. The molecule has 3 aromatic rings. The van der Waals surface area contributed by atoms with Gasteiger partial charge in [0, 0.05) is 28.6 Å². The van der Waals surface area contributed by atoms with Gasteiger partial charge in [-0.25, -0.2) is 4.98 Å². The molecule has 0 saturated carbocycles. The van der Waals surface area contributed by atoms with Crippen LogP contribution in [0.2, 0.25) is 5.02 Å². The Morgan fingerprint density at radius 3 is 2.75 bits per heavy atom. The number of benzene rings is 2. The maximum Gasteiger partial charge on any atom is 0.0755 e. The number of hydrogen-bond donors (Lipinski definition) is 2. The molecule has 1 heterocycles. The van der Waals surface area contributed by atoms with Crippen molar-refractivity contribution in [1.82, 2.24) is 10.3 Å². The van der Waals surface area contributed by atoms with Crippen molar-refractivity contribution in [2.45, 2.75) is 26.4 Å². The average molecular weight is 341 g/mol. The maximum atomic E-state index is 9.24. The molecular formula is C20H21ClN2O. The highest BCUT2D eigenvalue weighted by Gasteiger charge is 2.11. The van der Waals surface area contributed by atoms with Gasteiger partial charge in [0.05, 0.1) is 17.8 Å². The zero-order valence-electron chi connectivity index (χ0n) is 13.9. The minimum absolute atomic E-state index is 0.0333. The van der Waals surface area contributed by atoms with E-state index in [1.165, 1.54) is 5.56 Å². The average Bonchev–Trinajstić information content (AvgIpc) is 2.58. The van der Waals surface area contributed by atoms with Gasteiger partial charge in [0.25, 0.3) is 0 Å². The van der Waals surface area contributed by atoms with Gasteiger partial charge in [0.15, 0.2) is 0 Å². The third-order valence-corrected chi connectivity index (χ3v) is 4.30. The number of halogens is 1. The Labute approximate surface area is 147 Å². The fraction of sp³-hybridized carbons (Fsp3) is 0.250. The second kappa shape index (κ2) is 7.31. The van der Waals surface area contributed by atoms with Crippen LogP contribution in [0.4, 0.5) is 0 Å². The van der Waals surface area contributed by atoms with E-state index < -0.39 is 0 Å². The lowest BCUT2D eigenvalue weighted by Gasteiger charge is -2.15. The molecule has 3 rings (SSSR count). The van der Waals surface area contributed by atoms with Crippen LogP contribution in [0.3, 0.4) is 0 Å². The SMILES string of the molecule is Cc1ccc2cc(CNC(C)CO)c(-c3cccc(Cl)c3)nc2c1. The van der Waals surface area contributed by atoms with Crippen LogP contribution in [-0.2, 0) is 6.54 Å². The quantitative estimate of drug-likeness (QED) is 0.726. The summed E-state index contributed by atoms with van der Waals surface area (Å²) in [6.07, 6.45) is 0. The van der Waals surface area contributed by atoms with Gasteiger partial charge in [-0.15, -0.1) is 0 Å². The van der Waals surface area contributed by atoms with Gasteiger partial charge >= 0.3 is 0 Å². The molecule has 0 aliphatic heterocycles. The van der Waals surface area contributed by atoms with Crippen LogP contribution in [0.15, 0.2) is 48.5 Å². The van der Waals surface area contributed by atoms with Gasteiger partial charge in [-0.3, -0.25) is 0 Å². The Bertz CT molecular complexity index is 863. The highest BCUT2D eigenvalue weighted by atomic mass is 35.5. The molecule has 0 aliphatic carbocycles. The number of hydrogen-bond acceptors (Lipinski definition) is 3. The summed E-state index contributed by atoms with van der Waals surface area (Å²) in [4.78, 5) is 4.89. The lowest BCUT2D eigenvalue weighted by molar-refractivity contribution is 0.251. The second-order valence-electron chi connectivity index (χ2n) is 6.17. The summed E-state index contributed by atoms with van der Waals surface area (Å²) < 4.78 is 0. The molecule has 124 valence electrons. The molecule has 4 heteroatoms. The van der Waals surface area contributed by atoms with E-state index in [0.717, 1.165) is 27.7 Å². The monoisotopic (exact) mass is 340 g/mol. The van der Waals surface area contributed by atoms with E-state index >= 15 is 0 Å². The minimum Gasteiger partial charge on any atom is -0.395 e. The van der Waals surface area contributed by atoms with E-state index in [1.54, 1.807) is 0 Å². The van der Waals surface area contributed by atoms with Crippen molar-refractivity contribution in [2.24, 2.45) is 0 Å². The lowest BCUT2D eigenvalue weighted by Crippen LogP contribution is -2.28. The van der Waals surface area contributed by atoms with E-state index in [4.69, 9.17) is 16.6 Å². The molecular weight excluding hydrogens is 320 g/mol. The van der Waals surface area contributed by atoms with Crippen LogP contribution in [-0.4, -0.2) is 22.7 Å². The molecule has 2 N–H and O–H groups in total. The minimum atomic E-state index is 0.0333. The molecule has 0 amide bonds. The van der Waals surface area contributed by atoms with Crippen molar-refractivity contribution in [3.05, 3.63) is 64.7 Å². The van der Waals surface area contributed by atoms with Gasteiger partial charge in [-0.1, -0.05) is 35.9 Å². The Balaban J connectivity index is 2.11. The predicted molar refractivity (Wildman–Crippen MR) is 100 cm³/mol. The largest absolute Gasteiger partial charge is 0.395 e. The first-order valence-corrected chi connectivity index (χ1v) is 8.45. The smallest absolute Gasteiger partial charge is 0.0755 e. The third kappa shape index (κ3) is 3.75. The molecule has 2 aromatic carbocycles. The highest BCUT2D eigenvalue weighted by molar-refractivity contribution is 6.30. The first kappa shape index (κ1) is 16.9. The second-order valence-corrected chi connectivity index (χ2v) is 6.60. The van der Waals surface area contributed by atoms with E-state index in [1.807, 2.05) is 31.2 Å². The molecule has 3 nitrogen and oxygen atoms in total. The lowest BCUT2D eigenvalue weighted by atomic mass is 10.0. The van der Waals surface area contributed by atoms with Gasteiger partial charge in [0.1, 0.15) is 0 Å². The van der Waals surface area contributed by atoms with E-state index in [2.05, 4.69) is 36.5 Å². The first-order chi connectivity index (χ1) is 11.6. The molecule has 1 unspecified atom stereocenters. The molecule has 0 aliphatic rings. The summed E-state index contributed by atoms with van der Waals surface area (Å²) >= 11 is 6.16. The molecule has 0 bridgehead atoms. The summed E-state index contributed by atoms with van der Waals surface area (Å²) in [6.45, 7) is 4.77. The highest BCUT2D eigenvalue weighted by Crippen LogP contribution is 2.28. The number of aryl methyl sites for hydroxylation is 1. The van der Waals surface area contributed by atoms with E-state index in [-0.39, 0.29) is 12.6 Å². The number of rotatable bonds is 5. The van der Waals surface area contributed by atoms with Crippen molar-refractivity contribution in [3.8, 4) is 11.3 Å². The molecule has 24 heavy (non-hydrogen) atoms. The molecule has 1 atom stereocenters. The van der Waals surface area contributed by atoms with Gasteiger partial charge < -0.3 is 10.4 Å². The first-order valence-electron chi connectivity index (χ1n) is 8.07. The fourth-order valence-electron chi connectivity index (χ4n) is 2.69. The summed E-state index contributed by atoms with van der Waals surface area (Å²) in [5.74, 6) is 0. The Morgan fingerprint density at radius 1 is 1.17 bits per heavy atom. The number of aliphatic hydroxyl groups is 1. The van der Waals surface area contributed by atoms with Crippen LogP contribution < -0.4 is 5.32 Å². The molecule has 0 spiro atoms. The Hall–Kier alpha value is -1.94. The van der Waals surface area contributed by atoms with Crippen LogP contribution in [0.5, 0.6) is 0 Å². The predicted octanol–water partition coefficient (Wildman–Crippen LogP) is 4.33. The molecule has 0 radical (unpaired) electrons. The normalized spacial score (nSPS) is 12.5. The maximum absolute atomic E-state index is 9.24. The van der Waals surface area contributed by atoms with Crippen molar-refractivity contribution in [1.29, 1.82) is 0 Å². The van der Waals surface area contributed by atoms with Crippen molar-refractivity contribution in [3.63, 3.8) is 0 Å². The van der Waals surface area contributed by atoms with Crippen LogP contribution >= 0.6 is 11.6 Å². The topological polar surface area (TPSA) is 45.1 Å². The Morgan fingerprint density at radius 2 is 2.00 bits per heavy atom. The number of nitrogens with one attached hydrogen (secondary N) is 1. The summed E-state index contributed by atoms with van der Waals surface area (Å²) in [5.41, 5.74) is 5.18.